The minimum atomic E-state index is 0.625. The molecule has 0 saturated heterocycles. The van der Waals surface area contributed by atoms with Crippen molar-refractivity contribution in [1.29, 1.82) is 5.26 Å². The molecule has 2 rings (SSSR count). The molecule has 1 atom stereocenters. The number of nitrogens with one attached hydrogen (secondary N) is 1. The Kier molecular flexibility index (Phi) is 2.41. The Balaban J connectivity index is 2.44. The van der Waals surface area contributed by atoms with Gasteiger partial charge >= 0.3 is 0 Å². The van der Waals surface area contributed by atoms with Gasteiger partial charge in [-0.15, -0.1) is 0 Å². The summed E-state index contributed by atoms with van der Waals surface area (Å²) in [5.41, 5.74) is 3.30. The number of rotatable bonds is 1. The van der Waals surface area contributed by atoms with E-state index in [0.29, 0.717) is 5.92 Å². The van der Waals surface area contributed by atoms with Crippen LogP contribution in [-0.2, 0) is 0 Å². The van der Waals surface area contributed by atoms with Gasteiger partial charge in [0.15, 0.2) is 0 Å². The molecule has 2 heteroatoms. The minimum absolute atomic E-state index is 0.625. The second-order valence-electron chi connectivity index (χ2n) is 3.73. The molecular formula is C12H14N2. The average molecular weight is 186 g/mol. The number of hydrogen-bond donors (Lipinski definition) is 1. The summed E-state index contributed by atoms with van der Waals surface area (Å²) >= 11 is 0. The van der Waals surface area contributed by atoms with Crippen LogP contribution < -0.4 is 5.32 Å². The molecule has 0 aromatic heterocycles. The molecule has 1 heterocycles. The van der Waals surface area contributed by atoms with E-state index in [1.807, 2.05) is 18.2 Å². The van der Waals surface area contributed by atoms with Crippen LogP contribution in [0.1, 0.15) is 36.8 Å². The Morgan fingerprint density at radius 1 is 1.57 bits per heavy atom. The number of hydrogen-bond acceptors (Lipinski definition) is 2. The summed E-state index contributed by atoms with van der Waals surface area (Å²) in [5, 5.41) is 12.2. The first-order valence-electron chi connectivity index (χ1n) is 5.13. The Hall–Kier alpha value is -1.49. The lowest BCUT2D eigenvalue weighted by Gasteiger charge is -2.25. The van der Waals surface area contributed by atoms with Crippen molar-refractivity contribution in [1.82, 2.24) is 0 Å². The monoisotopic (exact) mass is 186 g/mol. The molecule has 2 nitrogen and oxygen atoms in total. The molecule has 0 fully saturated rings. The molecule has 0 amide bonds. The van der Waals surface area contributed by atoms with Crippen LogP contribution in [0.4, 0.5) is 5.69 Å². The number of nitrogens with zero attached hydrogens (tertiary/aromatic N) is 1. The zero-order chi connectivity index (χ0) is 9.97. The Morgan fingerprint density at radius 2 is 2.43 bits per heavy atom. The van der Waals surface area contributed by atoms with Gasteiger partial charge in [-0.25, -0.2) is 0 Å². The first kappa shape index (κ1) is 9.08. The lowest BCUT2D eigenvalue weighted by atomic mass is 9.88. The summed E-state index contributed by atoms with van der Waals surface area (Å²) in [6.45, 7) is 3.26. The lowest BCUT2D eigenvalue weighted by molar-refractivity contribution is 0.608. The highest BCUT2D eigenvalue weighted by atomic mass is 14.9. The van der Waals surface area contributed by atoms with E-state index in [2.05, 4.69) is 18.3 Å². The van der Waals surface area contributed by atoms with Crippen LogP contribution in [0.3, 0.4) is 0 Å². The van der Waals surface area contributed by atoms with Crippen molar-refractivity contribution in [2.24, 2.45) is 0 Å². The van der Waals surface area contributed by atoms with Crippen molar-refractivity contribution in [3.63, 3.8) is 0 Å². The van der Waals surface area contributed by atoms with Crippen molar-refractivity contribution in [3.05, 3.63) is 29.3 Å². The summed E-state index contributed by atoms with van der Waals surface area (Å²) in [5.74, 6) is 0.625. The summed E-state index contributed by atoms with van der Waals surface area (Å²) in [6.07, 6.45) is 2.34. The maximum Gasteiger partial charge on any atom is 0.0991 e. The molecular weight excluding hydrogens is 172 g/mol. The molecule has 72 valence electrons. The molecule has 1 aromatic carbocycles. The summed E-state index contributed by atoms with van der Waals surface area (Å²) in [7, 11) is 0. The lowest BCUT2D eigenvalue weighted by Crippen LogP contribution is -2.16. The molecule has 1 aromatic rings. The molecule has 0 aliphatic carbocycles. The highest BCUT2D eigenvalue weighted by Crippen LogP contribution is 2.33. The SMILES string of the molecule is CC[C@H]1CCNc2ccc(C#N)cc21. The van der Waals surface area contributed by atoms with Gasteiger partial charge in [-0.1, -0.05) is 6.92 Å². The van der Waals surface area contributed by atoms with Gasteiger partial charge in [-0.2, -0.15) is 5.26 Å². The summed E-state index contributed by atoms with van der Waals surface area (Å²) < 4.78 is 0. The van der Waals surface area contributed by atoms with E-state index in [-0.39, 0.29) is 0 Å². The van der Waals surface area contributed by atoms with E-state index in [9.17, 15) is 0 Å². The quantitative estimate of drug-likeness (QED) is 0.732. The van der Waals surface area contributed by atoms with Gasteiger partial charge in [0, 0.05) is 12.2 Å². The second kappa shape index (κ2) is 3.71. The topological polar surface area (TPSA) is 35.8 Å². The van der Waals surface area contributed by atoms with E-state index in [1.165, 1.54) is 17.7 Å². The zero-order valence-electron chi connectivity index (χ0n) is 8.38. The molecule has 1 aliphatic rings. The van der Waals surface area contributed by atoms with Crippen LogP contribution in [0.5, 0.6) is 0 Å². The minimum Gasteiger partial charge on any atom is -0.385 e. The Morgan fingerprint density at radius 3 is 3.14 bits per heavy atom. The summed E-state index contributed by atoms with van der Waals surface area (Å²) in [4.78, 5) is 0. The van der Waals surface area contributed by atoms with Crippen LogP contribution in [0.25, 0.3) is 0 Å². The highest BCUT2D eigenvalue weighted by Gasteiger charge is 2.18. The van der Waals surface area contributed by atoms with Crippen LogP contribution in [-0.4, -0.2) is 6.54 Å². The third-order valence-corrected chi connectivity index (χ3v) is 2.92. The largest absolute Gasteiger partial charge is 0.385 e. The predicted molar refractivity (Wildman–Crippen MR) is 57.3 cm³/mol. The van der Waals surface area contributed by atoms with Gasteiger partial charge in [0.05, 0.1) is 11.6 Å². The fourth-order valence-corrected chi connectivity index (χ4v) is 2.09. The standard InChI is InChI=1S/C12H14N2/c1-2-10-5-6-14-12-4-3-9(8-13)7-11(10)12/h3-4,7,10,14H,2,5-6H2,1H3/t10-/m0/s1. The van der Waals surface area contributed by atoms with E-state index < -0.39 is 0 Å². The highest BCUT2D eigenvalue weighted by molar-refractivity contribution is 5.57. The van der Waals surface area contributed by atoms with Crippen LogP contribution >= 0.6 is 0 Å². The van der Waals surface area contributed by atoms with E-state index in [4.69, 9.17) is 5.26 Å². The van der Waals surface area contributed by atoms with Crippen LogP contribution in [0.2, 0.25) is 0 Å². The Labute approximate surface area is 84.6 Å². The molecule has 1 aliphatic heterocycles. The summed E-state index contributed by atoms with van der Waals surface area (Å²) in [6, 6.07) is 8.12. The van der Waals surface area contributed by atoms with Gasteiger partial charge in [-0.3, -0.25) is 0 Å². The molecule has 0 spiro atoms. The van der Waals surface area contributed by atoms with Gasteiger partial charge in [0.1, 0.15) is 0 Å². The van der Waals surface area contributed by atoms with Crippen LogP contribution in [0, 0.1) is 11.3 Å². The zero-order valence-corrected chi connectivity index (χ0v) is 8.38. The number of benzene rings is 1. The molecule has 0 saturated carbocycles. The number of fused-ring (bicyclic) bond motifs is 1. The van der Waals surface area contributed by atoms with Gasteiger partial charge in [0.25, 0.3) is 0 Å². The van der Waals surface area contributed by atoms with Gasteiger partial charge in [0.2, 0.25) is 0 Å². The normalized spacial score (nSPS) is 19.3. The maximum absolute atomic E-state index is 8.83. The molecule has 0 radical (unpaired) electrons. The third kappa shape index (κ3) is 1.46. The van der Waals surface area contributed by atoms with Crippen molar-refractivity contribution in [2.75, 3.05) is 11.9 Å². The van der Waals surface area contributed by atoms with Crippen molar-refractivity contribution < 1.29 is 0 Å². The van der Waals surface area contributed by atoms with Gasteiger partial charge < -0.3 is 5.32 Å². The molecule has 0 unspecified atom stereocenters. The maximum atomic E-state index is 8.83. The smallest absolute Gasteiger partial charge is 0.0991 e. The Bertz CT molecular complexity index is 376. The first-order chi connectivity index (χ1) is 6.85. The number of anilines is 1. The van der Waals surface area contributed by atoms with E-state index in [0.717, 1.165) is 18.5 Å². The number of nitriles is 1. The molecule has 14 heavy (non-hydrogen) atoms. The van der Waals surface area contributed by atoms with Crippen molar-refractivity contribution >= 4 is 5.69 Å². The van der Waals surface area contributed by atoms with E-state index >= 15 is 0 Å². The predicted octanol–water partition coefficient (Wildman–Crippen LogP) is 2.87. The molecule has 1 N–H and O–H groups in total. The fraction of sp³-hybridized carbons (Fsp3) is 0.417. The van der Waals surface area contributed by atoms with Crippen molar-refractivity contribution in [2.45, 2.75) is 25.7 Å². The van der Waals surface area contributed by atoms with Crippen molar-refractivity contribution in [3.8, 4) is 6.07 Å². The van der Waals surface area contributed by atoms with Crippen LogP contribution in [0.15, 0.2) is 18.2 Å². The third-order valence-electron chi connectivity index (χ3n) is 2.92. The van der Waals surface area contributed by atoms with Gasteiger partial charge in [-0.05, 0) is 42.5 Å². The fourth-order valence-electron chi connectivity index (χ4n) is 2.09. The second-order valence-corrected chi connectivity index (χ2v) is 3.73. The molecule has 0 bridgehead atoms. The first-order valence-corrected chi connectivity index (χ1v) is 5.13. The van der Waals surface area contributed by atoms with E-state index in [1.54, 1.807) is 0 Å². The average Bonchev–Trinajstić information content (AvgIpc) is 2.27.